The molecule has 30 heavy (non-hydrogen) atoms. The third-order valence-corrected chi connectivity index (χ3v) is 5.22. The van der Waals surface area contributed by atoms with Crippen LogP contribution in [-0.2, 0) is 11.3 Å². The molecule has 1 unspecified atom stereocenters. The summed E-state index contributed by atoms with van der Waals surface area (Å²) in [6, 6.07) is 5.71. The normalized spacial score (nSPS) is 20.0. The molecular formula is C22H24N4O3S. The quantitative estimate of drug-likeness (QED) is 0.495. The van der Waals surface area contributed by atoms with Crippen molar-refractivity contribution in [2.45, 2.75) is 32.2 Å². The highest BCUT2D eigenvalue weighted by Crippen LogP contribution is 2.32. The molecule has 0 bridgehead atoms. The van der Waals surface area contributed by atoms with Crippen molar-refractivity contribution in [1.29, 1.82) is 0 Å². The van der Waals surface area contributed by atoms with Gasteiger partial charge in [0.15, 0.2) is 16.6 Å². The lowest BCUT2D eigenvalue weighted by molar-refractivity contribution is -0.121. The van der Waals surface area contributed by atoms with Gasteiger partial charge in [0.05, 0.1) is 11.6 Å². The largest absolute Gasteiger partial charge is 0.454 e. The summed E-state index contributed by atoms with van der Waals surface area (Å²) in [5, 5.41) is 6.51. The monoisotopic (exact) mass is 424 g/mol. The van der Waals surface area contributed by atoms with Crippen molar-refractivity contribution in [3.8, 4) is 11.5 Å². The van der Waals surface area contributed by atoms with Crippen LogP contribution in [-0.4, -0.2) is 35.9 Å². The molecule has 0 saturated carbocycles. The molecule has 1 amide bonds. The number of hydrogen-bond acceptors (Lipinski definition) is 5. The molecule has 4 rings (SSSR count). The molecule has 0 aromatic heterocycles. The zero-order valence-corrected chi connectivity index (χ0v) is 17.4. The maximum atomic E-state index is 12.1. The number of aliphatic imine (C=N–C) groups is 2. The Labute approximate surface area is 181 Å². The van der Waals surface area contributed by atoms with E-state index in [1.165, 1.54) is 0 Å². The lowest BCUT2D eigenvalue weighted by atomic mass is 9.96. The molecule has 0 saturated heterocycles. The number of allylic oxidation sites excluding steroid dienone is 3. The third kappa shape index (κ3) is 5.13. The highest BCUT2D eigenvalue weighted by atomic mass is 32.1. The third-order valence-electron chi connectivity index (χ3n) is 5.03. The Morgan fingerprint density at radius 1 is 1.23 bits per heavy atom. The van der Waals surface area contributed by atoms with E-state index in [4.69, 9.17) is 21.7 Å². The van der Waals surface area contributed by atoms with Crippen LogP contribution in [0.3, 0.4) is 0 Å². The van der Waals surface area contributed by atoms with Crippen LogP contribution in [0.5, 0.6) is 11.5 Å². The molecule has 156 valence electrons. The van der Waals surface area contributed by atoms with E-state index in [9.17, 15) is 4.79 Å². The second-order valence-corrected chi connectivity index (χ2v) is 7.62. The molecule has 0 fully saturated rings. The van der Waals surface area contributed by atoms with Gasteiger partial charge in [-0.2, -0.15) is 0 Å². The number of hydrogen-bond donors (Lipinski definition) is 2. The summed E-state index contributed by atoms with van der Waals surface area (Å²) in [5.74, 6) is 2.45. The number of fused-ring (bicyclic) bond motifs is 2. The minimum absolute atomic E-state index is 0.0539. The standard InChI is InChI=1S/C22H24N4O3S/c27-20(24-13-15-9-10-18-19(12-15)29-14-28-18)8-2-1-5-11-23-21-16-6-3-4-7-17(16)25-22(30)26-21/h3-4,6-7,9-10,12,16H,1-2,5,8,11,13-14H2,(H,24,27)(H,23,26,30). The lowest BCUT2D eigenvalue weighted by Gasteiger charge is -2.24. The van der Waals surface area contributed by atoms with E-state index in [2.05, 4.69) is 26.7 Å². The average molecular weight is 425 g/mol. The van der Waals surface area contributed by atoms with E-state index >= 15 is 0 Å². The molecule has 2 aliphatic heterocycles. The molecule has 1 aliphatic carbocycles. The zero-order chi connectivity index (χ0) is 20.8. The Morgan fingerprint density at radius 3 is 3.07 bits per heavy atom. The van der Waals surface area contributed by atoms with Gasteiger partial charge >= 0.3 is 0 Å². The van der Waals surface area contributed by atoms with Crippen molar-refractivity contribution in [3.05, 3.63) is 48.1 Å². The number of unbranched alkanes of at least 4 members (excludes halogenated alkanes) is 2. The van der Waals surface area contributed by atoms with Crippen LogP contribution in [0.2, 0.25) is 0 Å². The summed E-state index contributed by atoms with van der Waals surface area (Å²) in [7, 11) is 0. The van der Waals surface area contributed by atoms with E-state index in [0.29, 0.717) is 24.6 Å². The maximum absolute atomic E-state index is 12.1. The average Bonchev–Trinajstić information content (AvgIpc) is 3.22. The fraction of sp³-hybridized carbons (Fsp3) is 0.364. The number of nitrogens with one attached hydrogen (secondary N) is 2. The van der Waals surface area contributed by atoms with Crippen LogP contribution in [0, 0.1) is 5.92 Å². The number of rotatable bonds is 8. The van der Waals surface area contributed by atoms with Crippen molar-refractivity contribution >= 4 is 34.8 Å². The first-order valence-electron chi connectivity index (χ1n) is 10.1. The summed E-state index contributed by atoms with van der Waals surface area (Å²) >= 11 is 5.19. The Morgan fingerprint density at radius 2 is 2.13 bits per heavy atom. The summed E-state index contributed by atoms with van der Waals surface area (Å²) < 4.78 is 10.6. The minimum atomic E-state index is 0.0539. The number of thiocarbonyl (C=S) groups is 1. The Kier molecular flexibility index (Phi) is 6.53. The van der Waals surface area contributed by atoms with E-state index in [-0.39, 0.29) is 18.6 Å². The molecule has 7 nitrogen and oxygen atoms in total. The van der Waals surface area contributed by atoms with Crippen molar-refractivity contribution < 1.29 is 14.3 Å². The Balaban J connectivity index is 1.13. The molecule has 3 aliphatic rings. The predicted octanol–water partition coefficient (Wildman–Crippen LogP) is 3.06. The van der Waals surface area contributed by atoms with Gasteiger partial charge in [0, 0.05) is 19.5 Å². The Hall–Kier alpha value is -3.00. The summed E-state index contributed by atoms with van der Waals surface area (Å²) in [6.45, 7) is 1.44. The molecule has 1 atom stereocenters. The first-order chi connectivity index (χ1) is 14.7. The van der Waals surface area contributed by atoms with Gasteiger partial charge in [-0.3, -0.25) is 9.79 Å². The minimum Gasteiger partial charge on any atom is -0.454 e. The lowest BCUT2D eigenvalue weighted by Crippen LogP contribution is -2.42. The molecule has 1 aromatic carbocycles. The highest BCUT2D eigenvalue weighted by molar-refractivity contribution is 7.80. The van der Waals surface area contributed by atoms with Crippen LogP contribution in [0.25, 0.3) is 0 Å². The van der Waals surface area contributed by atoms with Crippen LogP contribution in [0.15, 0.2) is 52.5 Å². The molecule has 8 heteroatoms. The second-order valence-electron chi connectivity index (χ2n) is 7.23. The zero-order valence-electron chi connectivity index (χ0n) is 16.6. The summed E-state index contributed by atoms with van der Waals surface area (Å²) in [5.41, 5.74) is 1.93. The van der Waals surface area contributed by atoms with Crippen LogP contribution in [0.1, 0.15) is 31.2 Å². The highest BCUT2D eigenvalue weighted by Gasteiger charge is 2.24. The van der Waals surface area contributed by atoms with Crippen LogP contribution < -0.4 is 20.1 Å². The summed E-state index contributed by atoms with van der Waals surface area (Å²) in [6.07, 6.45) is 11.2. The smallest absolute Gasteiger partial charge is 0.231 e. The summed E-state index contributed by atoms with van der Waals surface area (Å²) in [4.78, 5) is 21.1. The fourth-order valence-corrected chi connectivity index (χ4v) is 3.66. The number of ether oxygens (including phenoxy) is 2. The van der Waals surface area contributed by atoms with E-state index in [1.54, 1.807) is 0 Å². The van der Waals surface area contributed by atoms with Crippen molar-refractivity contribution in [2.75, 3.05) is 13.3 Å². The van der Waals surface area contributed by atoms with Crippen LogP contribution in [0.4, 0.5) is 0 Å². The Bertz CT molecular complexity index is 952. The van der Waals surface area contributed by atoms with Gasteiger partial charge in [-0.1, -0.05) is 30.7 Å². The topological polar surface area (TPSA) is 84.3 Å². The number of amidine groups is 1. The molecule has 2 heterocycles. The molecule has 2 N–H and O–H groups in total. The first-order valence-corrected chi connectivity index (χ1v) is 10.5. The van der Waals surface area contributed by atoms with E-state index in [1.807, 2.05) is 36.4 Å². The van der Waals surface area contributed by atoms with Gasteiger partial charge in [0.1, 0.15) is 5.84 Å². The van der Waals surface area contributed by atoms with Crippen molar-refractivity contribution in [1.82, 2.24) is 10.6 Å². The van der Waals surface area contributed by atoms with Crippen molar-refractivity contribution in [2.24, 2.45) is 15.9 Å². The first kappa shape index (κ1) is 20.3. The van der Waals surface area contributed by atoms with Gasteiger partial charge in [-0.05, 0) is 48.8 Å². The van der Waals surface area contributed by atoms with Crippen molar-refractivity contribution in [3.63, 3.8) is 0 Å². The SMILES string of the molecule is O=C(CCCCCN=C1NC(=S)N=C2C=CC=CC21)NCc1ccc2c(c1)OCO2. The molecule has 0 radical (unpaired) electrons. The van der Waals surface area contributed by atoms with E-state index < -0.39 is 0 Å². The molecule has 1 aromatic rings. The fourth-order valence-electron chi connectivity index (χ4n) is 3.45. The van der Waals surface area contributed by atoms with Gasteiger partial charge in [-0.25, -0.2) is 4.99 Å². The second kappa shape index (κ2) is 9.67. The van der Waals surface area contributed by atoms with Gasteiger partial charge in [0.2, 0.25) is 12.7 Å². The van der Waals surface area contributed by atoms with Gasteiger partial charge in [-0.15, -0.1) is 0 Å². The molecular weight excluding hydrogens is 400 g/mol. The predicted molar refractivity (Wildman–Crippen MR) is 120 cm³/mol. The number of carbonyl (C=O) groups is 1. The maximum Gasteiger partial charge on any atom is 0.231 e. The van der Waals surface area contributed by atoms with Crippen LogP contribution >= 0.6 is 12.2 Å². The number of benzene rings is 1. The molecule has 0 spiro atoms. The van der Waals surface area contributed by atoms with Gasteiger partial charge < -0.3 is 20.1 Å². The number of carbonyl (C=O) groups excluding carboxylic acids is 1. The van der Waals surface area contributed by atoms with E-state index in [0.717, 1.165) is 47.9 Å². The number of amides is 1. The number of nitrogens with zero attached hydrogens (tertiary/aromatic N) is 2. The van der Waals surface area contributed by atoms with Gasteiger partial charge in [0.25, 0.3) is 0 Å².